The lowest BCUT2D eigenvalue weighted by molar-refractivity contribution is -0.143. The maximum Gasteiger partial charge on any atom is 0.326 e. The van der Waals surface area contributed by atoms with Gasteiger partial charge in [-0.05, 0) is 63.5 Å². The van der Waals surface area contributed by atoms with Crippen LogP contribution in [0.2, 0.25) is 0 Å². The molecule has 34 heavy (non-hydrogen) atoms. The number of unbranched alkanes of at least 4 members (excludes halogenated alkanes) is 2. The first kappa shape index (κ1) is 31.8. The number of amides is 3. The van der Waals surface area contributed by atoms with Crippen molar-refractivity contribution < 1.29 is 24.3 Å². The van der Waals surface area contributed by atoms with Crippen molar-refractivity contribution in [3.63, 3.8) is 0 Å². The van der Waals surface area contributed by atoms with Crippen molar-refractivity contribution in [2.45, 2.75) is 96.8 Å². The largest absolute Gasteiger partial charge is 0.480 e. The SMILES string of the molecule is CC(C)CC(NC(=O)C(CCCCN)NC(=O)C(NC(=O)C(N)CCCCN)C(C)C)C(=O)O. The van der Waals surface area contributed by atoms with Gasteiger partial charge in [0.1, 0.15) is 18.1 Å². The minimum absolute atomic E-state index is 0.0567. The number of aliphatic carboxylic acids is 1. The number of hydrogen-bond acceptors (Lipinski definition) is 7. The number of rotatable bonds is 18. The number of nitrogens with one attached hydrogen (secondary N) is 3. The summed E-state index contributed by atoms with van der Waals surface area (Å²) < 4.78 is 0. The smallest absolute Gasteiger partial charge is 0.326 e. The Bertz CT molecular complexity index is 643. The van der Waals surface area contributed by atoms with E-state index in [-0.39, 0.29) is 18.3 Å². The summed E-state index contributed by atoms with van der Waals surface area (Å²) in [5.41, 5.74) is 17.0. The number of carbonyl (C=O) groups excluding carboxylic acids is 3. The maximum absolute atomic E-state index is 13.0. The molecule has 198 valence electrons. The zero-order chi connectivity index (χ0) is 26.3. The van der Waals surface area contributed by atoms with Crippen LogP contribution < -0.4 is 33.2 Å². The van der Waals surface area contributed by atoms with Gasteiger partial charge in [0.2, 0.25) is 17.7 Å². The number of carboxylic acid groups (broad SMARTS) is 1. The van der Waals surface area contributed by atoms with Crippen LogP contribution in [-0.2, 0) is 19.2 Å². The lowest BCUT2D eigenvalue weighted by Gasteiger charge is -2.27. The zero-order valence-electron chi connectivity index (χ0n) is 21.1. The molecule has 0 aromatic carbocycles. The van der Waals surface area contributed by atoms with Gasteiger partial charge in [0.25, 0.3) is 0 Å². The first-order valence-corrected chi connectivity index (χ1v) is 12.2. The monoisotopic (exact) mass is 486 g/mol. The topological polar surface area (TPSA) is 203 Å². The van der Waals surface area contributed by atoms with E-state index < -0.39 is 47.9 Å². The molecule has 0 aliphatic carbocycles. The van der Waals surface area contributed by atoms with Crippen molar-refractivity contribution in [2.24, 2.45) is 29.0 Å². The summed E-state index contributed by atoms with van der Waals surface area (Å²) in [7, 11) is 0. The van der Waals surface area contributed by atoms with Crippen molar-refractivity contribution >= 4 is 23.7 Å². The Morgan fingerprint density at radius 1 is 0.735 bits per heavy atom. The third-order valence-corrected chi connectivity index (χ3v) is 5.45. The zero-order valence-corrected chi connectivity index (χ0v) is 21.1. The van der Waals surface area contributed by atoms with Gasteiger partial charge in [-0.25, -0.2) is 4.79 Å². The molecule has 4 atom stereocenters. The Morgan fingerprint density at radius 3 is 1.74 bits per heavy atom. The van der Waals surface area contributed by atoms with Crippen LogP contribution in [0.5, 0.6) is 0 Å². The van der Waals surface area contributed by atoms with Crippen LogP contribution in [0, 0.1) is 11.8 Å². The predicted octanol–water partition coefficient (Wildman–Crippen LogP) is -0.187. The number of carbonyl (C=O) groups is 4. The van der Waals surface area contributed by atoms with Gasteiger partial charge in [-0.15, -0.1) is 0 Å². The lowest BCUT2D eigenvalue weighted by atomic mass is 10.00. The summed E-state index contributed by atoms with van der Waals surface area (Å²) in [6.45, 7) is 8.21. The van der Waals surface area contributed by atoms with Crippen LogP contribution in [-0.4, -0.2) is 66.1 Å². The van der Waals surface area contributed by atoms with Crippen LogP contribution in [0.1, 0.15) is 72.6 Å². The minimum atomic E-state index is -1.13. The molecule has 4 unspecified atom stereocenters. The number of hydrogen-bond donors (Lipinski definition) is 7. The van der Waals surface area contributed by atoms with Crippen LogP contribution in [0.4, 0.5) is 0 Å². The molecule has 11 nitrogen and oxygen atoms in total. The van der Waals surface area contributed by atoms with E-state index in [9.17, 15) is 24.3 Å². The molecule has 0 radical (unpaired) electrons. The Kier molecular flexibility index (Phi) is 16.1. The molecule has 0 aromatic rings. The molecule has 10 N–H and O–H groups in total. The van der Waals surface area contributed by atoms with Gasteiger partial charge >= 0.3 is 5.97 Å². The molecule has 0 saturated carbocycles. The van der Waals surface area contributed by atoms with Gasteiger partial charge in [0.15, 0.2) is 0 Å². The van der Waals surface area contributed by atoms with Crippen LogP contribution in [0.15, 0.2) is 0 Å². The molecule has 0 bridgehead atoms. The standard InChI is InChI=1S/C23H46N6O5/c1-14(2)13-18(23(33)34)28-21(31)17(10-6-8-12-25)27-22(32)19(15(3)4)29-20(30)16(26)9-5-7-11-24/h14-19H,5-13,24-26H2,1-4H3,(H,27,32)(H,28,31)(H,29,30)(H,33,34). The second-order valence-corrected chi connectivity index (χ2v) is 9.50. The molecule has 11 heteroatoms. The van der Waals surface area contributed by atoms with Crippen molar-refractivity contribution in [1.29, 1.82) is 0 Å². The normalized spacial score (nSPS) is 14.9. The molecule has 0 heterocycles. The van der Waals surface area contributed by atoms with Crippen molar-refractivity contribution in [3.05, 3.63) is 0 Å². The van der Waals surface area contributed by atoms with Crippen molar-refractivity contribution in [3.8, 4) is 0 Å². The first-order chi connectivity index (χ1) is 15.9. The van der Waals surface area contributed by atoms with Gasteiger partial charge in [-0.2, -0.15) is 0 Å². The summed E-state index contributed by atoms with van der Waals surface area (Å²) in [6.07, 6.45) is 3.68. The van der Waals surface area contributed by atoms with Gasteiger partial charge in [-0.3, -0.25) is 14.4 Å². The van der Waals surface area contributed by atoms with E-state index in [1.165, 1.54) is 0 Å². The molecule has 3 amide bonds. The number of nitrogens with two attached hydrogens (primary N) is 3. The summed E-state index contributed by atoms with van der Waals surface area (Å²) in [6, 6.07) is -3.68. The van der Waals surface area contributed by atoms with Gasteiger partial charge in [0.05, 0.1) is 6.04 Å². The predicted molar refractivity (Wildman–Crippen MR) is 132 cm³/mol. The first-order valence-electron chi connectivity index (χ1n) is 12.2. The highest BCUT2D eigenvalue weighted by atomic mass is 16.4. The van der Waals surface area contributed by atoms with E-state index in [0.29, 0.717) is 45.2 Å². The van der Waals surface area contributed by atoms with Crippen LogP contribution in [0.25, 0.3) is 0 Å². The Morgan fingerprint density at radius 2 is 1.26 bits per heavy atom. The average molecular weight is 487 g/mol. The Hall–Kier alpha value is -2.24. The van der Waals surface area contributed by atoms with Gasteiger partial charge in [-0.1, -0.05) is 34.1 Å². The molecule has 0 spiro atoms. The van der Waals surface area contributed by atoms with Crippen LogP contribution >= 0.6 is 0 Å². The highest BCUT2D eigenvalue weighted by Crippen LogP contribution is 2.09. The fourth-order valence-corrected chi connectivity index (χ4v) is 3.42. The van der Waals surface area contributed by atoms with Gasteiger partial charge in [0, 0.05) is 0 Å². The number of carboxylic acids is 1. The van der Waals surface area contributed by atoms with Gasteiger partial charge < -0.3 is 38.3 Å². The lowest BCUT2D eigenvalue weighted by Crippen LogP contribution is -2.58. The quantitative estimate of drug-likeness (QED) is 0.129. The third-order valence-electron chi connectivity index (χ3n) is 5.45. The molecular weight excluding hydrogens is 440 g/mol. The molecular formula is C23H46N6O5. The van der Waals surface area contributed by atoms with Crippen molar-refractivity contribution in [2.75, 3.05) is 13.1 Å². The highest BCUT2D eigenvalue weighted by molar-refractivity contribution is 5.94. The fraction of sp³-hybridized carbons (Fsp3) is 0.826. The fourth-order valence-electron chi connectivity index (χ4n) is 3.42. The molecule has 0 rings (SSSR count). The highest BCUT2D eigenvalue weighted by Gasteiger charge is 2.31. The molecule has 0 fully saturated rings. The molecule has 0 aliphatic heterocycles. The Labute approximate surface area is 203 Å². The third kappa shape index (κ3) is 12.9. The summed E-state index contributed by atoms with van der Waals surface area (Å²) in [5.74, 6) is -2.89. The second kappa shape index (κ2) is 17.2. The van der Waals surface area contributed by atoms with E-state index in [1.54, 1.807) is 13.8 Å². The van der Waals surface area contributed by atoms with E-state index >= 15 is 0 Å². The Balaban J connectivity index is 5.36. The average Bonchev–Trinajstić information content (AvgIpc) is 2.75. The molecule has 0 aliphatic rings. The minimum Gasteiger partial charge on any atom is -0.480 e. The maximum atomic E-state index is 13.0. The van der Waals surface area contributed by atoms with Crippen LogP contribution in [0.3, 0.4) is 0 Å². The van der Waals surface area contributed by atoms with E-state index in [2.05, 4.69) is 16.0 Å². The summed E-state index contributed by atoms with van der Waals surface area (Å²) >= 11 is 0. The van der Waals surface area contributed by atoms with Crippen molar-refractivity contribution in [1.82, 2.24) is 16.0 Å². The van der Waals surface area contributed by atoms with E-state index in [1.807, 2.05) is 13.8 Å². The summed E-state index contributed by atoms with van der Waals surface area (Å²) in [4.78, 5) is 50.0. The molecule has 0 aromatic heterocycles. The second-order valence-electron chi connectivity index (χ2n) is 9.50. The van der Waals surface area contributed by atoms with E-state index in [4.69, 9.17) is 17.2 Å². The molecule has 0 saturated heterocycles. The van der Waals surface area contributed by atoms with E-state index in [0.717, 1.165) is 6.42 Å². The summed E-state index contributed by atoms with van der Waals surface area (Å²) in [5, 5.41) is 17.4.